The molecular formula is C18H26N2O. The number of rotatable bonds is 4. The van der Waals surface area contributed by atoms with Crippen molar-refractivity contribution in [2.45, 2.75) is 39.0 Å². The largest absolute Gasteiger partial charge is 0.355 e. The van der Waals surface area contributed by atoms with Crippen molar-refractivity contribution in [3.05, 3.63) is 35.4 Å². The van der Waals surface area contributed by atoms with Crippen LogP contribution >= 0.6 is 0 Å². The molecule has 2 atom stereocenters. The lowest BCUT2D eigenvalue weighted by atomic mass is 9.67. The quantitative estimate of drug-likeness (QED) is 0.892. The van der Waals surface area contributed by atoms with Crippen LogP contribution < -0.4 is 10.6 Å². The zero-order chi connectivity index (χ0) is 14.7. The summed E-state index contributed by atoms with van der Waals surface area (Å²) in [6.45, 7) is 4.73. The highest BCUT2D eigenvalue weighted by molar-refractivity contribution is 5.83. The number of fused-ring (bicyclic) bond motifs is 1. The zero-order valence-corrected chi connectivity index (χ0v) is 13.0. The van der Waals surface area contributed by atoms with Crippen LogP contribution in [-0.4, -0.2) is 25.5 Å². The molecule has 2 N–H and O–H groups in total. The summed E-state index contributed by atoms with van der Waals surface area (Å²) in [6, 6.07) is 8.57. The Balaban J connectivity index is 1.55. The van der Waals surface area contributed by atoms with Gasteiger partial charge in [0, 0.05) is 13.1 Å². The lowest BCUT2D eigenvalue weighted by molar-refractivity contribution is -0.133. The Bertz CT molecular complexity index is 496. The van der Waals surface area contributed by atoms with Crippen molar-refractivity contribution in [1.82, 2.24) is 10.6 Å². The maximum atomic E-state index is 12.7. The minimum atomic E-state index is -0.120. The number of carbonyl (C=O) groups is 1. The Kier molecular flexibility index (Phi) is 4.29. The molecule has 21 heavy (non-hydrogen) atoms. The van der Waals surface area contributed by atoms with Crippen molar-refractivity contribution < 1.29 is 4.79 Å². The van der Waals surface area contributed by atoms with Gasteiger partial charge in [0.1, 0.15) is 0 Å². The van der Waals surface area contributed by atoms with Gasteiger partial charge in [0.25, 0.3) is 0 Å². The summed E-state index contributed by atoms with van der Waals surface area (Å²) >= 11 is 0. The van der Waals surface area contributed by atoms with Crippen LogP contribution in [-0.2, 0) is 11.2 Å². The molecule has 0 aromatic heterocycles. The fraction of sp³-hybridized carbons (Fsp3) is 0.611. The summed E-state index contributed by atoms with van der Waals surface area (Å²) in [5.41, 5.74) is 2.46. The molecule has 1 heterocycles. The number of amides is 1. The van der Waals surface area contributed by atoms with Gasteiger partial charge in [-0.25, -0.2) is 0 Å². The predicted molar refractivity (Wildman–Crippen MR) is 85.2 cm³/mol. The summed E-state index contributed by atoms with van der Waals surface area (Å²) in [5.74, 6) is 0.829. The van der Waals surface area contributed by atoms with Gasteiger partial charge in [-0.05, 0) is 44.2 Å². The zero-order valence-electron chi connectivity index (χ0n) is 13.0. The van der Waals surface area contributed by atoms with Crippen LogP contribution in [0.4, 0.5) is 0 Å². The average molecular weight is 286 g/mol. The Labute approximate surface area is 127 Å². The van der Waals surface area contributed by atoms with Crippen LogP contribution in [0.25, 0.3) is 0 Å². The second kappa shape index (κ2) is 6.18. The molecule has 0 spiro atoms. The first kappa shape index (κ1) is 14.6. The standard InChI is InChI=1S/C18H26N2O/c1-14-5-7-15(8-6-14)9-11-20-17(21)18-10-3-2-4-16(18)12-19-13-18/h5-8,16,19H,2-4,9-13H2,1H3,(H,20,21)/t16-,18+/m0/s1. The first-order valence-electron chi connectivity index (χ1n) is 8.25. The monoisotopic (exact) mass is 286 g/mol. The predicted octanol–water partition coefficient (Wildman–Crippen LogP) is 2.43. The second-order valence-corrected chi connectivity index (χ2v) is 6.72. The molecule has 1 amide bonds. The van der Waals surface area contributed by atoms with Gasteiger partial charge in [0.2, 0.25) is 5.91 Å². The van der Waals surface area contributed by atoms with Crippen molar-refractivity contribution in [3.8, 4) is 0 Å². The topological polar surface area (TPSA) is 41.1 Å². The fourth-order valence-corrected chi connectivity index (χ4v) is 3.94. The number of carbonyl (C=O) groups excluding carboxylic acids is 1. The Morgan fingerprint density at radius 1 is 1.33 bits per heavy atom. The third-order valence-corrected chi connectivity index (χ3v) is 5.31. The highest BCUT2D eigenvalue weighted by atomic mass is 16.2. The summed E-state index contributed by atoms with van der Waals surface area (Å²) in [7, 11) is 0. The molecule has 2 fully saturated rings. The molecule has 3 heteroatoms. The molecule has 1 saturated carbocycles. The van der Waals surface area contributed by atoms with Crippen molar-refractivity contribution in [1.29, 1.82) is 0 Å². The van der Waals surface area contributed by atoms with E-state index in [4.69, 9.17) is 0 Å². The van der Waals surface area contributed by atoms with E-state index in [0.717, 1.165) is 32.5 Å². The van der Waals surface area contributed by atoms with Crippen LogP contribution in [0.3, 0.4) is 0 Å². The average Bonchev–Trinajstić information content (AvgIpc) is 2.94. The van der Waals surface area contributed by atoms with Crippen LogP contribution in [0, 0.1) is 18.3 Å². The van der Waals surface area contributed by atoms with Gasteiger partial charge in [-0.2, -0.15) is 0 Å². The number of hydrogen-bond acceptors (Lipinski definition) is 2. The third kappa shape index (κ3) is 2.98. The van der Waals surface area contributed by atoms with Gasteiger partial charge in [0.15, 0.2) is 0 Å². The minimum Gasteiger partial charge on any atom is -0.355 e. The van der Waals surface area contributed by atoms with Crippen LogP contribution in [0.15, 0.2) is 24.3 Å². The van der Waals surface area contributed by atoms with Crippen LogP contribution in [0.2, 0.25) is 0 Å². The van der Waals surface area contributed by atoms with E-state index < -0.39 is 0 Å². The van der Waals surface area contributed by atoms with E-state index >= 15 is 0 Å². The first-order chi connectivity index (χ1) is 10.2. The lowest BCUT2D eigenvalue weighted by Gasteiger charge is -2.37. The molecule has 3 rings (SSSR count). The van der Waals surface area contributed by atoms with Crippen molar-refractivity contribution in [2.24, 2.45) is 11.3 Å². The Morgan fingerprint density at radius 2 is 2.14 bits per heavy atom. The fourth-order valence-electron chi connectivity index (χ4n) is 3.94. The summed E-state index contributed by atoms with van der Waals surface area (Å²) in [6.07, 6.45) is 5.66. The van der Waals surface area contributed by atoms with E-state index in [-0.39, 0.29) is 11.3 Å². The number of benzene rings is 1. The molecule has 1 saturated heterocycles. The highest BCUT2D eigenvalue weighted by Crippen LogP contribution is 2.43. The molecule has 3 nitrogen and oxygen atoms in total. The number of aryl methyl sites for hydroxylation is 1. The molecule has 114 valence electrons. The van der Waals surface area contributed by atoms with Gasteiger partial charge in [0.05, 0.1) is 5.41 Å². The molecule has 1 aromatic rings. The molecule has 1 aliphatic heterocycles. The van der Waals surface area contributed by atoms with Crippen LogP contribution in [0.1, 0.15) is 36.8 Å². The van der Waals surface area contributed by atoms with Gasteiger partial charge in [-0.1, -0.05) is 42.7 Å². The van der Waals surface area contributed by atoms with E-state index in [1.54, 1.807) is 0 Å². The number of nitrogens with one attached hydrogen (secondary N) is 2. The SMILES string of the molecule is Cc1ccc(CCNC(=O)[C@@]23CCCC[C@H]2CNC3)cc1. The normalized spacial score (nSPS) is 28.1. The highest BCUT2D eigenvalue weighted by Gasteiger charge is 2.49. The van der Waals surface area contributed by atoms with Gasteiger partial charge in [-0.3, -0.25) is 4.79 Å². The van der Waals surface area contributed by atoms with Gasteiger partial charge >= 0.3 is 0 Å². The van der Waals surface area contributed by atoms with E-state index in [2.05, 4.69) is 41.8 Å². The Hall–Kier alpha value is -1.35. The summed E-state index contributed by atoms with van der Waals surface area (Å²) in [4.78, 5) is 12.7. The molecule has 0 radical (unpaired) electrons. The summed E-state index contributed by atoms with van der Waals surface area (Å²) < 4.78 is 0. The smallest absolute Gasteiger partial charge is 0.227 e. The van der Waals surface area contributed by atoms with Crippen LogP contribution in [0.5, 0.6) is 0 Å². The van der Waals surface area contributed by atoms with E-state index in [1.165, 1.54) is 30.4 Å². The van der Waals surface area contributed by atoms with E-state index in [1.807, 2.05) is 0 Å². The molecule has 0 unspecified atom stereocenters. The third-order valence-electron chi connectivity index (χ3n) is 5.31. The summed E-state index contributed by atoms with van der Waals surface area (Å²) in [5, 5.41) is 6.64. The molecule has 1 aromatic carbocycles. The van der Waals surface area contributed by atoms with Gasteiger partial charge < -0.3 is 10.6 Å². The lowest BCUT2D eigenvalue weighted by Crippen LogP contribution is -2.48. The molecular weight excluding hydrogens is 260 g/mol. The Morgan fingerprint density at radius 3 is 2.95 bits per heavy atom. The van der Waals surface area contributed by atoms with Gasteiger partial charge in [-0.15, -0.1) is 0 Å². The van der Waals surface area contributed by atoms with Crippen molar-refractivity contribution in [3.63, 3.8) is 0 Å². The second-order valence-electron chi connectivity index (χ2n) is 6.72. The minimum absolute atomic E-state index is 0.120. The van der Waals surface area contributed by atoms with E-state index in [9.17, 15) is 4.79 Å². The van der Waals surface area contributed by atoms with Crippen molar-refractivity contribution in [2.75, 3.05) is 19.6 Å². The van der Waals surface area contributed by atoms with Crippen molar-refractivity contribution >= 4 is 5.91 Å². The molecule has 1 aliphatic carbocycles. The first-order valence-corrected chi connectivity index (χ1v) is 8.25. The molecule has 0 bridgehead atoms. The number of hydrogen-bond donors (Lipinski definition) is 2. The maximum absolute atomic E-state index is 12.7. The molecule has 2 aliphatic rings. The maximum Gasteiger partial charge on any atom is 0.227 e. The van der Waals surface area contributed by atoms with E-state index in [0.29, 0.717) is 5.92 Å².